The molecule has 0 saturated carbocycles. The lowest BCUT2D eigenvalue weighted by atomic mass is 10.2. The maximum atomic E-state index is 6.24. The number of aromatic nitrogens is 3. The number of para-hydroxylation sites is 1. The number of ether oxygens (including phenoxy) is 1. The summed E-state index contributed by atoms with van der Waals surface area (Å²) in [5.74, 6) is 2.21. The Morgan fingerprint density at radius 1 is 1.12 bits per heavy atom. The minimum atomic E-state index is 0.340. The number of benzene rings is 2. The van der Waals surface area contributed by atoms with Crippen molar-refractivity contribution >= 4 is 35.0 Å². The molecule has 0 aliphatic carbocycles. The molecule has 0 aliphatic rings. The summed E-state index contributed by atoms with van der Waals surface area (Å²) in [5, 5.41) is 10.6. The van der Waals surface area contributed by atoms with Gasteiger partial charge in [0.25, 0.3) is 0 Å². The molecule has 1 heterocycles. The summed E-state index contributed by atoms with van der Waals surface area (Å²) in [5.41, 5.74) is 0.997. The molecule has 7 heteroatoms. The number of nitrogens with zero attached hydrogens (tertiary/aromatic N) is 3. The zero-order valence-corrected chi connectivity index (χ0v) is 16.3. The first-order chi connectivity index (χ1) is 12.7. The lowest BCUT2D eigenvalue weighted by molar-refractivity contribution is 0.289. The van der Waals surface area contributed by atoms with Gasteiger partial charge < -0.3 is 4.74 Å². The van der Waals surface area contributed by atoms with E-state index in [-0.39, 0.29) is 0 Å². The van der Waals surface area contributed by atoms with Gasteiger partial charge in [-0.05, 0) is 29.8 Å². The molecule has 0 saturated heterocycles. The van der Waals surface area contributed by atoms with Crippen LogP contribution in [0.1, 0.15) is 11.4 Å². The number of allylic oxidation sites excluding steroid dienone is 1. The van der Waals surface area contributed by atoms with E-state index in [2.05, 4.69) is 16.8 Å². The monoisotopic (exact) mass is 405 g/mol. The molecule has 26 heavy (non-hydrogen) atoms. The van der Waals surface area contributed by atoms with Crippen molar-refractivity contribution in [3.63, 3.8) is 0 Å². The van der Waals surface area contributed by atoms with Crippen LogP contribution in [-0.4, -0.2) is 14.8 Å². The van der Waals surface area contributed by atoms with E-state index in [4.69, 9.17) is 27.9 Å². The van der Waals surface area contributed by atoms with E-state index >= 15 is 0 Å². The van der Waals surface area contributed by atoms with E-state index < -0.39 is 0 Å². The van der Waals surface area contributed by atoms with Gasteiger partial charge in [0.15, 0.2) is 11.0 Å². The Kier molecular flexibility index (Phi) is 6.61. The second-order valence-electron chi connectivity index (χ2n) is 5.42. The molecule has 3 rings (SSSR count). The van der Waals surface area contributed by atoms with Crippen LogP contribution in [0.5, 0.6) is 5.75 Å². The van der Waals surface area contributed by atoms with Crippen LogP contribution in [0.3, 0.4) is 0 Å². The highest BCUT2D eigenvalue weighted by molar-refractivity contribution is 7.98. The Morgan fingerprint density at radius 3 is 2.65 bits per heavy atom. The van der Waals surface area contributed by atoms with E-state index in [0.717, 1.165) is 22.3 Å². The van der Waals surface area contributed by atoms with Crippen LogP contribution < -0.4 is 4.74 Å². The third kappa shape index (κ3) is 4.81. The first-order valence-electron chi connectivity index (χ1n) is 7.95. The van der Waals surface area contributed by atoms with Crippen molar-refractivity contribution in [1.82, 2.24) is 14.8 Å². The fraction of sp³-hybridized carbons (Fsp3) is 0.158. The highest BCUT2D eigenvalue weighted by Gasteiger charge is 2.13. The second-order valence-corrected chi connectivity index (χ2v) is 7.21. The summed E-state index contributed by atoms with van der Waals surface area (Å²) in [6, 6.07) is 15.1. The minimum Gasteiger partial charge on any atom is -0.486 e. The van der Waals surface area contributed by atoms with Gasteiger partial charge in [0.2, 0.25) is 0 Å². The maximum absolute atomic E-state index is 6.24. The molecule has 0 amide bonds. The first-order valence-corrected chi connectivity index (χ1v) is 9.69. The van der Waals surface area contributed by atoms with Crippen LogP contribution in [-0.2, 0) is 18.9 Å². The summed E-state index contributed by atoms with van der Waals surface area (Å²) in [4.78, 5) is 0. The molecule has 0 bridgehead atoms. The Labute approximate surface area is 166 Å². The van der Waals surface area contributed by atoms with Crippen LogP contribution in [0.2, 0.25) is 10.0 Å². The van der Waals surface area contributed by atoms with E-state index in [1.807, 2.05) is 53.1 Å². The number of hydrogen-bond donors (Lipinski definition) is 0. The lowest BCUT2D eigenvalue weighted by Gasteiger charge is -2.09. The van der Waals surface area contributed by atoms with Crippen LogP contribution in [0.4, 0.5) is 0 Å². The van der Waals surface area contributed by atoms with E-state index in [1.54, 1.807) is 17.8 Å². The highest BCUT2D eigenvalue weighted by Crippen LogP contribution is 2.28. The Bertz CT molecular complexity index is 884. The Balaban J connectivity index is 1.70. The quantitative estimate of drug-likeness (QED) is 0.358. The van der Waals surface area contributed by atoms with Crippen LogP contribution in [0.15, 0.2) is 66.3 Å². The lowest BCUT2D eigenvalue weighted by Crippen LogP contribution is -2.07. The largest absolute Gasteiger partial charge is 0.486 e. The number of hydrogen-bond acceptors (Lipinski definition) is 4. The van der Waals surface area contributed by atoms with Crippen LogP contribution in [0.25, 0.3) is 0 Å². The molecule has 134 valence electrons. The average molecular weight is 406 g/mol. The number of halogens is 2. The Morgan fingerprint density at radius 2 is 1.92 bits per heavy atom. The molecule has 0 spiro atoms. The van der Waals surface area contributed by atoms with Gasteiger partial charge in [-0.1, -0.05) is 65.3 Å². The van der Waals surface area contributed by atoms with Gasteiger partial charge in [-0.2, -0.15) is 0 Å². The normalized spacial score (nSPS) is 10.7. The van der Waals surface area contributed by atoms with E-state index in [1.165, 1.54) is 0 Å². The number of rotatable bonds is 8. The van der Waals surface area contributed by atoms with Crippen molar-refractivity contribution in [3.8, 4) is 5.75 Å². The smallest absolute Gasteiger partial charge is 0.191 e. The zero-order chi connectivity index (χ0) is 18.4. The standard InChI is InChI=1S/C19H17Cl2N3OS/c1-2-10-24-18(12-25-16-6-4-3-5-7-16)22-23-19(24)26-13-14-8-9-15(20)11-17(14)21/h2-9,11H,1,10,12-13H2. The molecule has 0 radical (unpaired) electrons. The topological polar surface area (TPSA) is 39.9 Å². The SMILES string of the molecule is C=CCn1c(COc2ccccc2)nnc1SCc1ccc(Cl)cc1Cl. The van der Waals surface area contributed by atoms with Crippen molar-refractivity contribution < 1.29 is 4.74 Å². The van der Waals surface area contributed by atoms with Crippen molar-refractivity contribution in [2.45, 2.75) is 24.1 Å². The second kappa shape index (κ2) is 9.12. The van der Waals surface area contributed by atoms with Crippen molar-refractivity contribution in [2.24, 2.45) is 0 Å². The number of thioether (sulfide) groups is 1. The molecule has 0 unspecified atom stereocenters. The van der Waals surface area contributed by atoms with Crippen molar-refractivity contribution in [1.29, 1.82) is 0 Å². The summed E-state index contributed by atoms with van der Waals surface area (Å²) < 4.78 is 7.78. The Hall–Kier alpha value is -1.95. The summed E-state index contributed by atoms with van der Waals surface area (Å²) in [6.07, 6.45) is 1.81. The highest BCUT2D eigenvalue weighted by atomic mass is 35.5. The molecule has 2 aromatic carbocycles. The van der Waals surface area contributed by atoms with Gasteiger partial charge in [0.05, 0.1) is 0 Å². The molecule has 4 nitrogen and oxygen atoms in total. The van der Waals surface area contributed by atoms with E-state index in [9.17, 15) is 0 Å². The molecule has 1 aromatic heterocycles. The zero-order valence-electron chi connectivity index (χ0n) is 13.9. The fourth-order valence-corrected chi connectivity index (χ4v) is 3.82. The van der Waals surface area contributed by atoms with Crippen molar-refractivity contribution in [3.05, 3.63) is 82.6 Å². The first kappa shape index (κ1) is 18.8. The molecule has 0 fully saturated rings. The van der Waals surface area contributed by atoms with Gasteiger partial charge >= 0.3 is 0 Å². The molecular formula is C19H17Cl2N3OS. The van der Waals surface area contributed by atoms with Crippen LogP contribution >= 0.6 is 35.0 Å². The predicted octanol–water partition coefficient (Wildman–Crippen LogP) is 5.64. The van der Waals surface area contributed by atoms with Crippen LogP contribution in [0, 0.1) is 0 Å². The summed E-state index contributed by atoms with van der Waals surface area (Å²) in [6.45, 7) is 4.76. The van der Waals surface area contributed by atoms with E-state index in [0.29, 0.717) is 28.9 Å². The average Bonchev–Trinajstić information content (AvgIpc) is 3.02. The maximum Gasteiger partial charge on any atom is 0.191 e. The third-order valence-electron chi connectivity index (χ3n) is 3.59. The third-order valence-corrected chi connectivity index (χ3v) is 5.19. The molecule has 3 aromatic rings. The van der Waals surface area contributed by atoms with Gasteiger partial charge in [0.1, 0.15) is 12.4 Å². The molecule has 0 N–H and O–H groups in total. The van der Waals surface area contributed by atoms with Gasteiger partial charge in [-0.15, -0.1) is 16.8 Å². The van der Waals surface area contributed by atoms with Gasteiger partial charge in [-0.3, -0.25) is 4.57 Å². The summed E-state index contributed by atoms with van der Waals surface area (Å²) >= 11 is 13.8. The minimum absolute atomic E-state index is 0.340. The fourth-order valence-electron chi connectivity index (χ4n) is 2.29. The molecular weight excluding hydrogens is 389 g/mol. The summed E-state index contributed by atoms with van der Waals surface area (Å²) in [7, 11) is 0. The van der Waals surface area contributed by atoms with Gasteiger partial charge in [-0.25, -0.2) is 0 Å². The predicted molar refractivity (Wildman–Crippen MR) is 107 cm³/mol. The van der Waals surface area contributed by atoms with Crippen molar-refractivity contribution in [2.75, 3.05) is 0 Å². The molecule has 0 aliphatic heterocycles. The van der Waals surface area contributed by atoms with Gasteiger partial charge in [0, 0.05) is 22.3 Å². The molecule has 0 atom stereocenters.